The lowest BCUT2D eigenvalue weighted by atomic mass is 10.2. The molecule has 0 spiro atoms. The van der Waals surface area contributed by atoms with Gasteiger partial charge in [0.25, 0.3) is 5.91 Å². The summed E-state index contributed by atoms with van der Waals surface area (Å²) in [6.45, 7) is 5.30. The minimum Gasteiger partial charge on any atom is -0.393 e. The van der Waals surface area contributed by atoms with Crippen LogP contribution in [-0.4, -0.2) is 60.2 Å². The fourth-order valence-corrected chi connectivity index (χ4v) is 2.75. The van der Waals surface area contributed by atoms with Gasteiger partial charge in [-0.25, -0.2) is 9.97 Å². The second-order valence-electron chi connectivity index (χ2n) is 6.16. The Morgan fingerprint density at radius 3 is 2.67 bits per heavy atom. The number of nitrogens with zero attached hydrogens (tertiary/aromatic N) is 3. The normalized spacial score (nSPS) is 14.5. The van der Waals surface area contributed by atoms with Gasteiger partial charge < -0.3 is 15.8 Å². The van der Waals surface area contributed by atoms with Crippen LogP contribution in [0.4, 0.5) is 17.3 Å². The molecule has 1 aromatic heterocycles. The number of aromatic nitrogens is 2. The maximum atomic E-state index is 12.1. The van der Waals surface area contributed by atoms with Gasteiger partial charge in [0.1, 0.15) is 12.0 Å². The summed E-state index contributed by atoms with van der Waals surface area (Å²) in [6, 6.07) is 8.90. The molecule has 9 nitrogen and oxygen atoms in total. The molecular formula is C18H25N7O2. The van der Waals surface area contributed by atoms with Crippen molar-refractivity contribution in [1.29, 1.82) is 0 Å². The van der Waals surface area contributed by atoms with Crippen LogP contribution >= 0.6 is 0 Å². The summed E-state index contributed by atoms with van der Waals surface area (Å²) >= 11 is 0. The number of hydrogen-bond donors (Lipinski definition) is 4. The number of carbonyl (C=O) groups is 1. The smallest absolute Gasteiger partial charge is 0.269 e. The van der Waals surface area contributed by atoms with Gasteiger partial charge in [-0.3, -0.25) is 20.5 Å². The third-order valence-corrected chi connectivity index (χ3v) is 4.26. The summed E-state index contributed by atoms with van der Waals surface area (Å²) in [5.41, 5.74) is 12.3. The number of rotatable bonds is 8. The van der Waals surface area contributed by atoms with Crippen molar-refractivity contribution in [2.75, 3.05) is 55.9 Å². The Kier molecular flexibility index (Phi) is 6.78. The highest BCUT2D eigenvalue weighted by atomic mass is 16.5. The van der Waals surface area contributed by atoms with Gasteiger partial charge in [0, 0.05) is 25.2 Å². The van der Waals surface area contributed by atoms with Gasteiger partial charge in [0.2, 0.25) is 0 Å². The first-order valence-corrected chi connectivity index (χ1v) is 9.00. The number of anilines is 3. The quantitative estimate of drug-likeness (QED) is 0.400. The summed E-state index contributed by atoms with van der Waals surface area (Å²) < 4.78 is 5.34. The highest BCUT2D eigenvalue weighted by Gasteiger charge is 2.11. The molecule has 0 radical (unpaired) electrons. The minimum atomic E-state index is -0.270. The number of hydrogen-bond acceptors (Lipinski definition) is 8. The summed E-state index contributed by atoms with van der Waals surface area (Å²) in [5, 5.41) is 3.23. The van der Waals surface area contributed by atoms with E-state index >= 15 is 0 Å². The molecule has 5 N–H and O–H groups in total. The first-order valence-electron chi connectivity index (χ1n) is 9.00. The van der Waals surface area contributed by atoms with E-state index in [9.17, 15) is 4.79 Å². The first kappa shape index (κ1) is 18.9. The number of benzene rings is 1. The van der Waals surface area contributed by atoms with Crippen molar-refractivity contribution in [3.05, 3.63) is 42.2 Å². The highest BCUT2D eigenvalue weighted by molar-refractivity contribution is 5.95. The van der Waals surface area contributed by atoms with Crippen LogP contribution in [0, 0.1) is 0 Å². The lowest BCUT2D eigenvalue weighted by Crippen LogP contribution is -2.37. The maximum Gasteiger partial charge on any atom is 0.269 e. The Morgan fingerprint density at radius 1 is 1.15 bits per heavy atom. The van der Waals surface area contributed by atoms with Gasteiger partial charge in [-0.1, -0.05) is 18.2 Å². The zero-order valence-corrected chi connectivity index (χ0v) is 15.1. The van der Waals surface area contributed by atoms with E-state index in [1.54, 1.807) is 24.3 Å². The van der Waals surface area contributed by atoms with Crippen LogP contribution in [0.15, 0.2) is 36.7 Å². The van der Waals surface area contributed by atoms with Crippen LogP contribution < -0.4 is 21.9 Å². The van der Waals surface area contributed by atoms with Crippen molar-refractivity contribution in [2.24, 2.45) is 0 Å². The zero-order valence-electron chi connectivity index (χ0n) is 15.1. The number of hydrazine groups is 1. The predicted molar refractivity (Wildman–Crippen MR) is 104 cm³/mol. The number of nitrogens with two attached hydrogens (primary N) is 1. The number of nitrogens with one attached hydrogen (secondary N) is 3. The van der Waals surface area contributed by atoms with Crippen LogP contribution in [0.25, 0.3) is 0 Å². The molecule has 1 aliphatic heterocycles. The highest BCUT2D eigenvalue weighted by Crippen LogP contribution is 2.21. The summed E-state index contributed by atoms with van der Waals surface area (Å²) in [4.78, 5) is 22.7. The van der Waals surface area contributed by atoms with E-state index in [1.165, 1.54) is 6.33 Å². The van der Waals surface area contributed by atoms with Crippen LogP contribution in [0.1, 0.15) is 16.8 Å². The fourth-order valence-electron chi connectivity index (χ4n) is 2.75. The van der Waals surface area contributed by atoms with Crippen LogP contribution in [0.5, 0.6) is 0 Å². The van der Waals surface area contributed by atoms with Gasteiger partial charge in [-0.15, -0.1) is 0 Å². The van der Waals surface area contributed by atoms with E-state index < -0.39 is 0 Å². The molecule has 0 saturated carbocycles. The monoisotopic (exact) mass is 371 g/mol. The van der Waals surface area contributed by atoms with Crippen molar-refractivity contribution < 1.29 is 9.53 Å². The second-order valence-corrected chi connectivity index (χ2v) is 6.16. The Bertz CT molecular complexity index is 736. The molecule has 2 heterocycles. The largest absolute Gasteiger partial charge is 0.393 e. The number of amides is 1. The van der Waals surface area contributed by atoms with Crippen molar-refractivity contribution in [1.82, 2.24) is 20.3 Å². The van der Waals surface area contributed by atoms with E-state index in [0.29, 0.717) is 22.9 Å². The number of nitrogen functional groups attached to an aromatic ring is 1. The van der Waals surface area contributed by atoms with Crippen LogP contribution in [0.2, 0.25) is 0 Å². The van der Waals surface area contributed by atoms with Gasteiger partial charge in [-0.2, -0.15) is 0 Å². The zero-order chi connectivity index (χ0) is 18.9. The third-order valence-electron chi connectivity index (χ3n) is 4.26. The van der Waals surface area contributed by atoms with E-state index in [1.807, 2.05) is 6.07 Å². The summed E-state index contributed by atoms with van der Waals surface area (Å²) in [6.07, 6.45) is 2.37. The molecule has 27 heavy (non-hydrogen) atoms. The molecule has 0 aliphatic carbocycles. The molecular weight excluding hydrogens is 346 g/mol. The van der Waals surface area contributed by atoms with Gasteiger partial charge in [0.05, 0.1) is 13.2 Å². The molecule has 0 bridgehead atoms. The topological polar surface area (TPSA) is 117 Å². The molecule has 3 rings (SSSR count). The molecule has 0 unspecified atom stereocenters. The fraction of sp³-hybridized carbons (Fsp3) is 0.389. The van der Waals surface area contributed by atoms with E-state index in [-0.39, 0.29) is 5.91 Å². The standard InChI is InChI=1S/C18H25N7O2/c19-15-16(20-7-4-8-25-9-11-27-12-10-25)21-13-22-17(15)23-24-18(26)14-5-2-1-3-6-14/h1-3,5-6,13H,4,7-12,19H2,(H,24,26)(H2,20,21,22,23). The van der Waals surface area contributed by atoms with Crippen molar-refractivity contribution in [3.8, 4) is 0 Å². The van der Waals surface area contributed by atoms with E-state index in [4.69, 9.17) is 10.5 Å². The second kappa shape index (κ2) is 9.70. The Labute approximate surface area is 158 Å². The van der Waals surface area contributed by atoms with Crippen molar-refractivity contribution >= 4 is 23.2 Å². The lowest BCUT2D eigenvalue weighted by molar-refractivity contribution is 0.0378. The summed E-state index contributed by atoms with van der Waals surface area (Å²) in [7, 11) is 0. The van der Waals surface area contributed by atoms with Gasteiger partial charge in [0.15, 0.2) is 11.6 Å². The lowest BCUT2D eigenvalue weighted by Gasteiger charge is -2.26. The van der Waals surface area contributed by atoms with Gasteiger partial charge >= 0.3 is 0 Å². The molecule has 1 aromatic carbocycles. The average molecular weight is 371 g/mol. The van der Waals surface area contributed by atoms with Crippen LogP contribution in [0.3, 0.4) is 0 Å². The molecule has 0 atom stereocenters. The first-order chi connectivity index (χ1) is 13.2. The molecule has 1 amide bonds. The molecule has 1 fully saturated rings. The number of carbonyl (C=O) groups excluding carboxylic acids is 1. The summed E-state index contributed by atoms with van der Waals surface area (Å²) in [5.74, 6) is 0.627. The van der Waals surface area contributed by atoms with E-state index in [2.05, 4.69) is 31.0 Å². The van der Waals surface area contributed by atoms with Crippen molar-refractivity contribution in [3.63, 3.8) is 0 Å². The van der Waals surface area contributed by atoms with Crippen LogP contribution in [-0.2, 0) is 4.74 Å². The third kappa shape index (κ3) is 5.53. The number of morpholine rings is 1. The SMILES string of the molecule is Nc1c(NCCCN2CCOCC2)ncnc1NNC(=O)c1ccccc1. The maximum absolute atomic E-state index is 12.1. The van der Waals surface area contributed by atoms with Crippen molar-refractivity contribution in [2.45, 2.75) is 6.42 Å². The Balaban J connectivity index is 1.47. The Morgan fingerprint density at radius 2 is 1.89 bits per heavy atom. The average Bonchev–Trinajstić information content (AvgIpc) is 2.72. The molecule has 144 valence electrons. The number of ether oxygens (including phenoxy) is 1. The minimum absolute atomic E-state index is 0.270. The van der Waals surface area contributed by atoms with E-state index in [0.717, 1.165) is 45.8 Å². The molecule has 2 aromatic rings. The Hall–Kier alpha value is -2.91. The predicted octanol–water partition coefficient (Wildman–Crippen LogP) is 0.950. The van der Waals surface area contributed by atoms with Gasteiger partial charge in [-0.05, 0) is 25.1 Å². The molecule has 1 saturated heterocycles. The molecule has 1 aliphatic rings. The molecule has 9 heteroatoms.